The SMILES string of the molecule is C=C1CCN(C(=O)CCC(=O)c2ccc(OCCCCC)cc2)CC1. The van der Waals surface area contributed by atoms with Gasteiger partial charge >= 0.3 is 0 Å². The Balaban J connectivity index is 1.74. The lowest BCUT2D eigenvalue weighted by Gasteiger charge is -2.28. The second kappa shape index (κ2) is 10.0. The third-order valence-corrected chi connectivity index (χ3v) is 4.58. The van der Waals surface area contributed by atoms with E-state index in [0.717, 1.165) is 44.5 Å². The van der Waals surface area contributed by atoms with Gasteiger partial charge in [-0.25, -0.2) is 0 Å². The molecule has 4 heteroatoms. The first-order valence-corrected chi connectivity index (χ1v) is 9.30. The molecule has 1 fully saturated rings. The van der Waals surface area contributed by atoms with Crippen molar-refractivity contribution < 1.29 is 14.3 Å². The topological polar surface area (TPSA) is 46.6 Å². The molecule has 0 aromatic heterocycles. The number of Topliss-reactive ketones (excluding diaryl/α,β-unsaturated/α-hetero) is 1. The van der Waals surface area contributed by atoms with Gasteiger partial charge in [0.25, 0.3) is 0 Å². The van der Waals surface area contributed by atoms with Gasteiger partial charge in [-0.15, -0.1) is 0 Å². The van der Waals surface area contributed by atoms with Crippen LogP contribution in [-0.2, 0) is 4.79 Å². The Morgan fingerprint density at radius 3 is 2.40 bits per heavy atom. The van der Waals surface area contributed by atoms with E-state index >= 15 is 0 Å². The number of nitrogens with zero attached hydrogens (tertiary/aromatic N) is 1. The van der Waals surface area contributed by atoms with E-state index in [9.17, 15) is 9.59 Å². The summed E-state index contributed by atoms with van der Waals surface area (Å²) < 4.78 is 5.65. The van der Waals surface area contributed by atoms with Crippen molar-refractivity contribution in [2.24, 2.45) is 0 Å². The molecule has 0 aliphatic carbocycles. The molecule has 0 atom stereocenters. The van der Waals surface area contributed by atoms with Gasteiger partial charge in [-0.05, 0) is 43.5 Å². The average Bonchev–Trinajstić information content (AvgIpc) is 2.64. The van der Waals surface area contributed by atoms with Crippen molar-refractivity contribution in [2.75, 3.05) is 19.7 Å². The first-order valence-electron chi connectivity index (χ1n) is 9.30. The Bertz CT molecular complexity index is 582. The molecule has 0 spiro atoms. The van der Waals surface area contributed by atoms with Gasteiger partial charge in [0.15, 0.2) is 5.78 Å². The van der Waals surface area contributed by atoms with Gasteiger partial charge in [0.1, 0.15) is 5.75 Å². The van der Waals surface area contributed by atoms with Crippen molar-refractivity contribution in [3.63, 3.8) is 0 Å². The smallest absolute Gasteiger partial charge is 0.223 e. The number of likely N-dealkylation sites (tertiary alicyclic amines) is 1. The molecule has 0 N–H and O–H groups in total. The molecule has 25 heavy (non-hydrogen) atoms. The quantitative estimate of drug-likeness (QED) is 0.379. The van der Waals surface area contributed by atoms with Crippen LogP contribution < -0.4 is 4.74 Å². The van der Waals surface area contributed by atoms with Crippen LogP contribution in [0.25, 0.3) is 0 Å². The summed E-state index contributed by atoms with van der Waals surface area (Å²) in [5.74, 6) is 0.862. The molecule has 1 saturated heterocycles. The number of ether oxygens (including phenoxy) is 1. The summed E-state index contributed by atoms with van der Waals surface area (Å²) in [6, 6.07) is 7.23. The van der Waals surface area contributed by atoms with Gasteiger partial charge in [-0.2, -0.15) is 0 Å². The van der Waals surface area contributed by atoms with Crippen LogP contribution in [0.15, 0.2) is 36.4 Å². The zero-order valence-electron chi connectivity index (χ0n) is 15.3. The van der Waals surface area contributed by atoms with Crippen LogP contribution in [0.3, 0.4) is 0 Å². The number of hydrogen-bond donors (Lipinski definition) is 0. The fourth-order valence-corrected chi connectivity index (χ4v) is 2.87. The lowest BCUT2D eigenvalue weighted by molar-refractivity contribution is -0.131. The van der Waals surface area contributed by atoms with Gasteiger partial charge in [0.2, 0.25) is 5.91 Å². The van der Waals surface area contributed by atoms with Crippen molar-refractivity contribution >= 4 is 11.7 Å². The fraction of sp³-hybridized carbons (Fsp3) is 0.524. The second-order valence-electron chi connectivity index (χ2n) is 6.63. The zero-order chi connectivity index (χ0) is 18.1. The first-order chi connectivity index (χ1) is 12.1. The van der Waals surface area contributed by atoms with Crippen LogP contribution in [0.4, 0.5) is 0 Å². The molecule has 0 radical (unpaired) electrons. The van der Waals surface area contributed by atoms with Crippen LogP contribution in [0.1, 0.15) is 62.2 Å². The molecule has 1 aliphatic heterocycles. The van der Waals surface area contributed by atoms with E-state index < -0.39 is 0 Å². The van der Waals surface area contributed by atoms with Gasteiger partial charge in [-0.3, -0.25) is 9.59 Å². The molecule has 0 bridgehead atoms. The molecule has 1 heterocycles. The number of unbranched alkanes of at least 4 members (excludes halogenated alkanes) is 2. The molecule has 4 nitrogen and oxygen atoms in total. The van der Waals surface area contributed by atoms with E-state index in [4.69, 9.17) is 4.74 Å². The predicted molar refractivity (Wildman–Crippen MR) is 100.0 cm³/mol. The summed E-state index contributed by atoms with van der Waals surface area (Å²) in [5, 5.41) is 0. The average molecular weight is 343 g/mol. The van der Waals surface area contributed by atoms with E-state index in [1.807, 2.05) is 17.0 Å². The molecule has 0 unspecified atom stereocenters. The van der Waals surface area contributed by atoms with E-state index in [-0.39, 0.29) is 24.5 Å². The Hall–Kier alpha value is -2.10. The highest BCUT2D eigenvalue weighted by Gasteiger charge is 2.19. The van der Waals surface area contributed by atoms with Gasteiger partial charge in [0.05, 0.1) is 6.61 Å². The number of ketones is 1. The Kier molecular flexibility index (Phi) is 7.71. The van der Waals surface area contributed by atoms with Crippen LogP contribution >= 0.6 is 0 Å². The summed E-state index contributed by atoms with van der Waals surface area (Å²) in [4.78, 5) is 26.3. The third kappa shape index (κ3) is 6.37. The number of rotatable bonds is 9. The number of benzene rings is 1. The number of carbonyl (C=O) groups is 2. The maximum atomic E-state index is 12.3. The summed E-state index contributed by atoms with van der Waals surface area (Å²) in [6.07, 6.45) is 5.66. The van der Waals surface area contributed by atoms with Gasteiger partial charge < -0.3 is 9.64 Å². The van der Waals surface area contributed by atoms with E-state index in [2.05, 4.69) is 13.5 Å². The van der Waals surface area contributed by atoms with Crippen LogP contribution in [0.5, 0.6) is 5.75 Å². The first kappa shape index (κ1) is 19.2. The molecule has 1 amide bonds. The Labute approximate surface area is 150 Å². The molecule has 1 aliphatic rings. The number of piperidine rings is 1. The monoisotopic (exact) mass is 343 g/mol. The molecule has 136 valence electrons. The predicted octanol–water partition coefficient (Wildman–Crippen LogP) is 4.40. The minimum Gasteiger partial charge on any atom is -0.494 e. The largest absolute Gasteiger partial charge is 0.494 e. The molecule has 1 aromatic rings. The molecule has 2 rings (SSSR count). The summed E-state index contributed by atoms with van der Waals surface area (Å²) >= 11 is 0. The summed E-state index contributed by atoms with van der Waals surface area (Å²) in [7, 11) is 0. The Morgan fingerprint density at radius 1 is 1.08 bits per heavy atom. The van der Waals surface area contributed by atoms with E-state index in [1.165, 1.54) is 12.0 Å². The van der Waals surface area contributed by atoms with Crippen molar-refractivity contribution in [3.8, 4) is 5.75 Å². The lowest BCUT2D eigenvalue weighted by Crippen LogP contribution is -2.36. The van der Waals surface area contributed by atoms with Crippen molar-refractivity contribution in [3.05, 3.63) is 42.0 Å². The number of carbonyl (C=O) groups excluding carboxylic acids is 2. The molecule has 1 aromatic carbocycles. The van der Waals surface area contributed by atoms with Crippen LogP contribution in [0.2, 0.25) is 0 Å². The van der Waals surface area contributed by atoms with Gasteiger partial charge in [0, 0.05) is 31.5 Å². The minimum absolute atomic E-state index is 0.00676. The van der Waals surface area contributed by atoms with E-state index in [1.54, 1.807) is 12.1 Å². The third-order valence-electron chi connectivity index (χ3n) is 4.58. The van der Waals surface area contributed by atoms with Gasteiger partial charge in [-0.1, -0.05) is 31.9 Å². The maximum absolute atomic E-state index is 12.3. The van der Waals surface area contributed by atoms with Crippen molar-refractivity contribution in [1.82, 2.24) is 4.90 Å². The highest BCUT2D eigenvalue weighted by Crippen LogP contribution is 2.17. The second-order valence-corrected chi connectivity index (χ2v) is 6.63. The zero-order valence-corrected chi connectivity index (χ0v) is 15.3. The highest BCUT2D eigenvalue weighted by atomic mass is 16.5. The lowest BCUT2D eigenvalue weighted by atomic mass is 10.0. The molecular formula is C21H29NO3. The van der Waals surface area contributed by atoms with Crippen molar-refractivity contribution in [1.29, 1.82) is 0 Å². The van der Waals surface area contributed by atoms with Crippen molar-refractivity contribution in [2.45, 2.75) is 51.9 Å². The van der Waals surface area contributed by atoms with Crippen LogP contribution in [0, 0.1) is 0 Å². The minimum atomic E-state index is 0.00676. The molecule has 0 saturated carbocycles. The number of hydrogen-bond acceptors (Lipinski definition) is 3. The maximum Gasteiger partial charge on any atom is 0.223 e. The van der Waals surface area contributed by atoms with E-state index in [0.29, 0.717) is 12.2 Å². The summed E-state index contributed by atoms with van der Waals surface area (Å²) in [5.41, 5.74) is 1.85. The molecular weight excluding hydrogens is 314 g/mol. The number of amides is 1. The fourth-order valence-electron chi connectivity index (χ4n) is 2.87. The normalized spacial score (nSPS) is 14.4. The van der Waals surface area contributed by atoms with Crippen LogP contribution in [-0.4, -0.2) is 36.3 Å². The standard InChI is InChI=1S/C21H29NO3/c1-3-4-5-16-25-19-8-6-18(7-9-19)20(23)10-11-21(24)22-14-12-17(2)13-15-22/h6-9H,2-5,10-16H2,1H3. The highest BCUT2D eigenvalue weighted by molar-refractivity contribution is 5.98. The summed E-state index contributed by atoms with van der Waals surface area (Å²) in [6.45, 7) is 8.28. The Morgan fingerprint density at radius 2 is 1.76 bits per heavy atom.